The van der Waals surface area contributed by atoms with Crippen LogP contribution in [0.3, 0.4) is 0 Å². The second kappa shape index (κ2) is 8.87. The molecule has 0 fully saturated rings. The van der Waals surface area contributed by atoms with Crippen LogP contribution in [0, 0.1) is 0 Å². The van der Waals surface area contributed by atoms with E-state index in [9.17, 15) is 9.90 Å². The minimum Gasteiger partial charge on any atom is -0.489 e. The Kier molecular flexibility index (Phi) is 6.07. The van der Waals surface area contributed by atoms with Gasteiger partial charge in [-0.3, -0.25) is 4.79 Å². The molecule has 0 heterocycles. The van der Waals surface area contributed by atoms with Gasteiger partial charge in [-0.1, -0.05) is 60.7 Å². The molecule has 0 spiro atoms. The standard InChI is InChI=1S/C22H21NO4/c23-21(22(24)25)18-11-19(26-14-16-7-3-1-4-8-16)13-20(12-18)27-15-17-9-5-2-6-10-17/h1-13,21H,14-15,23H2,(H,24,25)/t21-/m0/s1. The Labute approximate surface area is 158 Å². The van der Waals surface area contributed by atoms with Crippen molar-refractivity contribution in [2.75, 3.05) is 0 Å². The first kappa shape index (κ1) is 18.5. The van der Waals surface area contributed by atoms with Crippen LogP contribution in [0.15, 0.2) is 78.9 Å². The summed E-state index contributed by atoms with van der Waals surface area (Å²) in [5.41, 5.74) is 8.23. The number of hydrogen-bond donors (Lipinski definition) is 2. The van der Waals surface area contributed by atoms with Crippen LogP contribution in [0.1, 0.15) is 22.7 Å². The van der Waals surface area contributed by atoms with Gasteiger partial charge in [0, 0.05) is 6.07 Å². The molecule has 0 aliphatic carbocycles. The lowest BCUT2D eigenvalue weighted by Crippen LogP contribution is -2.20. The maximum Gasteiger partial charge on any atom is 0.325 e. The van der Waals surface area contributed by atoms with Crippen molar-refractivity contribution in [3.63, 3.8) is 0 Å². The molecule has 3 aromatic rings. The van der Waals surface area contributed by atoms with E-state index in [2.05, 4.69) is 0 Å². The summed E-state index contributed by atoms with van der Waals surface area (Å²) in [6, 6.07) is 23.3. The predicted octanol–water partition coefficient (Wildman–Crippen LogP) is 3.93. The quantitative estimate of drug-likeness (QED) is 0.634. The zero-order chi connectivity index (χ0) is 19.1. The van der Waals surface area contributed by atoms with Crippen LogP contribution >= 0.6 is 0 Å². The first-order valence-corrected chi connectivity index (χ1v) is 8.58. The molecule has 0 saturated heterocycles. The Morgan fingerprint density at radius 3 is 1.67 bits per heavy atom. The number of carboxylic acid groups (broad SMARTS) is 1. The highest BCUT2D eigenvalue weighted by Gasteiger charge is 2.17. The number of rotatable bonds is 8. The van der Waals surface area contributed by atoms with E-state index >= 15 is 0 Å². The Bertz CT molecular complexity index is 820. The molecule has 27 heavy (non-hydrogen) atoms. The highest BCUT2D eigenvalue weighted by Crippen LogP contribution is 2.27. The Balaban J connectivity index is 1.78. The van der Waals surface area contributed by atoms with Crippen LogP contribution < -0.4 is 15.2 Å². The zero-order valence-electron chi connectivity index (χ0n) is 14.7. The fourth-order valence-corrected chi connectivity index (χ4v) is 2.56. The minimum absolute atomic E-state index is 0.366. The van der Waals surface area contributed by atoms with Gasteiger partial charge in [0.15, 0.2) is 0 Å². The summed E-state index contributed by atoms with van der Waals surface area (Å²) < 4.78 is 11.7. The molecule has 0 aromatic heterocycles. The summed E-state index contributed by atoms with van der Waals surface area (Å²) in [6.45, 7) is 0.732. The van der Waals surface area contributed by atoms with Gasteiger partial charge in [-0.15, -0.1) is 0 Å². The summed E-state index contributed by atoms with van der Waals surface area (Å²) >= 11 is 0. The van der Waals surface area contributed by atoms with E-state index in [1.165, 1.54) is 0 Å². The molecule has 0 bridgehead atoms. The minimum atomic E-state index is -1.15. The molecule has 3 aromatic carbocycles. The van der Waals surface area contributed by atoms with Gasteiger partial charge < -0.3 is 20.3 Å². The lowest BCUT2D eigenvalue weighted by Gasteiger charge is -2.14. The zero-order valence-corrected chi connectivity index (χ0v) is 14.7. The molecule has 0 aliphatic rings. The number of nitrogens with two attached hydrogens (primary N) is 1. The van der Waals surface area contributed by atoms with E-state index in [0.29, 0.717) is 30.3 Å². The first-order chi connectivity index (χ1) is 13.1. The van der Waals surface area contributed by atoms with Gasteiger partial charge >= 0.3 is 5.97 Å². The average Bonchev–Trinajstić information content (AvgIpc) is 2.71. The summed E-state index contributed by atoms with van der Waals surface area (Å²) in [4.78, 5) is 11.3. The van der Waals surface area contributed by atoms with Gasteiger partial charge in [-0.05, 0) is 28.8 Å². The van der Waals surface area contributed by atoms with Crippen LogP contribution in [0.4, 0.5) is 0 Å². The number of carbonyl (C=O) groups is 1. The number of aliphatic carboxylic acids is 1. The van der Waals surface area contributed by atoms with Crippen LogP contribution in [0.2, 0.25) is 0 Å². The molecule has 0 aliphatic heterocycles. The molecule has 0 unspecified atom stereocenters. The fraction of sp³-hybridized carbons (Fsp3) is 0.136. The van der Waals surface area contributed by atoms with Crippen LogP contribution in [-0.4, -0.2) is 11.1 Å². The first-order valence-electron chi connectivity index (χ1n) is 8.58. The van der Waals surface area contributed by atoms with Crippen molar-refractivity contribution in [3.8, 4) is 11.5 Å². The van der Waals surface area contributed by atoms with Crippen molar-refractivity contribution in [2.45, 2.75) is 19.3 Å². The van der Waals surface area contributed by atoms with E-state index in [4.69, 9.17) is 15.2 Å². The topological polar surface area (TPSA) is 81.8 Å². The lowest BCUT2D eigenvalue weighted by atomic mass is 10.1. The number of ether oxygens (including phenoxy) is 2. The fourth-order valence-electron chi connectivity index (χ4n) is 2.56. The van der Waals surface area contributed by atoms with Gasteiger partial charge in [-0.2, -0.15) is 0 Å². The van der Waals surface area contributed by atoms with Crippen LogP contribution in [0.5, 0.6) is 11.5 Å². The number of benzene rings is 3. The SMILES string of the molecule is N[C@H](C(=O)O)c1cc(OCc2ccccc2)cc(OCc2ccccc2)c1. The molecule has 0 saturated carbocycles. The summed E-state index contributed by atoms with van der Waals surface area (Å²) in [5, 5.41) is 9.23. The smallest absolute Gasteiger partial charge is 0.325 e. The van der Waals surface area contributed by atoms with Crippen molar-refractivity contribution in [3.05, 3.63) is 95.6 Å². The maximum absolute atomic E-state index is 11.3. The van der Waals surface area contributed by atoms with Gasteiger partial charge in [0.1, 0.15) is 30.8 Å². The largest absolute Gasteiger partial charge is 0.489 e. The predicted molar refractivity (Wildman–Crippen MR) is 103 cm³/mol. The molecule has 0 amide bonds. The van der Waals surface area contributed by atoms with E-state index in [1.54, 1.807) is 18.2 Å². The van der Waals surface area contributed by atoms with Crippen LogP contribution in [-0.2, 0) is 18.0 Å². The van der Waals surface area contributed by atoms with Gasteiger partial charge in [0.2, 0.25) is 0 Å². The molecular weight excluding hydrogens is 342 g/mol. The highest BCUT2D eigenvalue weighted by molar-refractivity contribution is 5.75. The van der Waals surface area contributed by atoms with Crippen molar-refractivity contribution < 1.29 is 19.4 Å². The van der Waals surface area contributed by atoms with E-state index in [1.807, 2.05) is 60.7 Å². The van der Waals surface area contributed by atoms with Crippen molar-refractivity contribution in [1.82, 2.24) is 0 Å². The van der Waals surface area contributed by atoms with E-state index in [-0.39, 0.29) is 0 Å². The second-order valence-corrected chi connectivity index (χ2v) is 6.10. The molecule has 5 heteroatoms. The third-order valence-corrected chi connectivity index (χ3v) is 4.02. The normalized spacial score (nSPS) is 11.6. The van der Waals surface area contributed by atoms with Crippen molar-refractivity contribution in [2.24, 2.45) is 5.73 Å². The number of carboxylic acids is 1. The summed E-state index contributed by atoms with van der Waals surface area (Å²) in [6.07, 6.45) is 0. The van der Waals surface area contributed by atoms with Gasteiger partial charge in [0.05, 0.1) is 0 Å². The Morgan fingerprint density at radius 1 is 0.815 bits per heavy atom. The molecule has 1 atom stereocenters. The van der Waals surface area contributed by atoms with E-state index in [0.717, 1.165) is 11.1 Å². The van der Waals surface area contributed by atoms with E-state index < -0.39 is 12.0 Å². The van der Waals surface area contributed by atoms with Gasteiger partial charge in [0.25, 0.3) is 0 Å². The Morgan fingerprint density at radius 2 is 1.26 bits per heavy atom. The maximum atomic E-state index is 11.3. The molecule has 138 valence electrons. The monoisotopic (exact) mass is 363 g/mol. The molecular formula is C22H21NO4. The molecule has 5 nitrogen and oxygen atoms in total. The van der Waals surface area contributed by atoms with Crippen LogP contribution in [0.25, 0.3) is 0 Å². The van der Waals surface area contributed by atoms with Gasteiger partial charge in [-0.25, -0.2) is 0 Å². The molecule has 3 N–H and O–H groups in total. The summed E-state index contributed by atoms with van der Waals surface area (Å²) in [5.74, 6) is -0.0866. The summed E-state index contributed by atoms with van der Waals surface area (Å²) in [7, 11) is 0. The molecule has 3 rings (SSSR count). The third-order valence-electron chi connectivity index (χ3n) is 4.02. The highest BCUT2D eigenvalue weighted by atomic mass is 16.5. The second-order valence-electron chi connectivity index (χ2n) is 6.10. The third kappa shape index (κ3) is 5.33. The lowest BCUT2D eigenvalue weighted by molar-refractivity contribution is -0.138. The van der Waals surface area contributed by atoms with Crippen molar-refractivity contribution >= 4 is 5.97 Å². The van der Waals surface area contributed by atoms with Crippen molar-refractivity contribution in [1.29, 1.82) is 0 Å². The average molecular weight is 363 g/mol. The number of hydrogen-bond acceptors (Lipinski definition) is 4. The Hall–Kier alpha value is -3.31. The molecule has 0 radical (unpaired) electrons.